The van der Waals surface area contributed by atoms with Crippen molar-refractivity contribution in [3.63, 3.8) is 0 Å². The number of nitrogens with one attached hydrogen (secondary N) is 2. The molecule has 9 heteroatoms. The number of nitrogen functional groups attached to an aromatic ring is 1. The number of piperidine rings is 1. The molecule has 1 aliphatic carbocycles. The van der Waals surface area contributed by atoms with Gasteiger partial charge in [-0.1, -0.05) is 0 Å². The van der Waals surface area contributed by atoms with Crippen LogP contribution in [0.5, 0.6) is 0 Å². The van der Waals surface area contributed by atoms with Crippen LogP contribution in [0.15, 0.2) is 36.8 Å². The van der Waals surface area contributed by atoms with Crippen molar-refractivity contribution < 1.29 is 14.7 Å². The van der Waals surface area contributed by atoms with Gasteiger partial charge in [-0.25, -0.2) is 9.97 Å². The lowest BCUT2D eigenvalue weighted by molar-refractivity contribution is -0.144. The standard InChI is InChI=1S/C21H20N6O3/c1-10-2-3-23-6-12(10)15-4-11-5-16(25-7-13(11)18(22)26-15)27-19(28)17-14-8-24-9-21(14,17)20(29)30/h2-7,14,17,24H,8-9H2,1H3,(H2,22,26)(H,29,30)(H,25,27,28). The molecule has 1 saturated heterocycles. The van der Waals surface area contributed by atoms with Crippen LogP contribution >= 0.6 is 0 Å². The highest BCUT2D eigenvalue weighted by Crippen LogP contribution is 2.61. The van der Waals surface area contributed by atoms with Gasteiger partial charge in [0.2, 0.25) is 5.91 Å². The molecular weight excluding hydrogens is 384 g/mol. The quantitative estimate of drug-likeness (QED) is 0.511. The number of pyridine rings is 3. The number of carboxylic acid groups (broad SMARTS) is 1. The number of rotatable bonds is 4. The van der Waals surface area contributed by atoms with E-state index in [1.807, 2.05) is 19.1 Å². The number of nitrogens with zero attached hydrogens (tertiary/aromatic N) is 3. The van der Waals surface area contributed by atoms with Crippen LogP contribution in [0.25, 0.3) is 22.0 Å². The summed E-state index contributed by atoms with van der Waals surface area (Å²) in [5.74, 6) is -1.30. The van der Waals surface area contributed by atoms with Gasteiger partial charge in [0.1, 0.15) is 11.6 Å². The molecule has 0 bridgehead atoms. The molecule has 5 rings (SSSR count). The Bertz CT molecular complexity index is 1210. The number of aryl methyl sites for hydroxylation is 1. The second-order valence-electron chi connectivity index (χ2n) is 7.92. The summed E-state index contributed by atoms with van der Waals surface area (Å²) in [5.41, 5.74) is 7.71. The summed E-state index contributed by atoms with van der Waals surface area (Å²) < 4.78 is 0. The second kappa shape index (κ2) is 6.46. The summed E-state index contributed by atoms with van der Waals surface area (Å²) in [4.78, 5) is 37.3. The number of carbonyl (C=O) groups excluding carboxylic acids is 1. The number of aromatic nitrogens is 3. The first kappa shape index (κ1) is 18.4. The van der Waals surface area contributed by atoms with Crippen molar-refractivity contribution in [2.75, 3.05) is 24.1 Å². The van der Waals surface area contributed by atoms with E-state index in [0.29, 0.717) is 35.8 Å². The summed E-state index contributed by atoms with van der Waals surface area (Å²) in [6, 6.07) is 5.50. The van der Waals surface area contributed by atoms with E-state index < -0.39 is 17.3 Å². The van der Waals surface area contributed by atoms with Crippen molar-refractivity contribution >= 4 is 34.3 Å². The van der Waals surface area contributed by atoms with Crippen LogP contribution in [0.1, 0.15) is 5.56 Å². The molecule has 1 saturated carbocycles. The lowest BCUT2D eigenvalue weighted by Crippen LogP contribution is -2.32. The van der Waals surface area contributed by atoms with E-state index >= 15 is 0 Å². The first-order chi connectivity index (χ1) is 14.4. The number of hydrogen-bond donors (Lipinski definition) is 4. The zero-order valence-electron chi connectivity index (χ0n) is 16.2. The average molecular weight is 404 g/mol. The van der Waals surface area contributed by atoms with Gasteiger partial charge in [-0.3, -0.25) is 14.6 Å². The number of hydrogen-bond acceptors (Lipinski definition) is 7. The molecule has 152 valence electrons. The van der Waals surface area contributed by atoms with Crippen molar-refractivity contribution in [2.45, 2.75) is 6.92 Å². The second-order valence-corrected chi connectivity index (χ2v) is 7.92. The van der Waals surface area contributed by atoms with Crippen LogP contribution in [0.3, 0.4) is 0 Å². The number of amides is 1. The lowest BCUT2D eigenvalue weighted by atomic mass is 10.0. The molecular formula is C21H20N6O3. The van der Waals surface area contributed by atoms with Crippen LogP contribution in [0.2, 0.25) is 0 Å². The zero-order chi connectivity index (χ0) is 21.0. The highest BCUT2D eigenvalue weighted by atomic mass is 16.4. The Hall–Kier alpha value is -3.59. The molecule has 3 aromatic heterocycles. The molecule has 9 nitrogen and oxygen atoms in total. The Morgan fingerprint density at radius 3 is 2.90 bits per heavy atom. The minimum atomic E-state index is -1.000. The Morgan fingerprint density at radius 2 is 2.17 bits per heavy atom. The Kier molecular flexibility index (Phi) is 3.97. The number of aliphatic carboxylic acids is 1. The van der Waals surface area contributed by atoms with Gasteiger partial charge in [-0.15, -0.1) is 0 Å². The minimum Gasteiger partial charge on any atom is -0.481 e. The lowest BCUT2D eigenvalue weighted by Gasteiger charge is -2.12. The van der Waals surface area contributed by atoms with Gasteiger partial charge < -0.3 is 21.5 Å². The van der Waals surface area contributed by atoms with Gasteiger partial charge in [0.05, 0.1) is 17.0 Å². The maximum Gasteiger partial charge on any atom is 0.312 e. The Morgan fingerprint density at radius 1 is 1.33 bits per heavy atom. The van der Waals surface area contributed by atoms with E-state index in [1.54, 1.807) is 24.7 Å². The topological polar surface area (TPSA) is 143 Å². The fourth-order valence-electron chi connectivity index (χ4n) is 4.59. The molecule has 4 heterocycles. The number of carboxylic acids is 1. The van der Waals surface area contributed by atoms with E-state index in [4.69, 9.17) is 5.73 Å². The summed E-state index contributed by atoms with van der Waals surface area (Å²) in [6.45, 7) is 2.81. The first-order valence-electron chi connectivity index (χ1n) is 9.64. The molecule has 0 spiro atoms. The van der Waals surface area contributed by atoms with Crippen LogP contribution in [-0.4, -0.2) is 45.0 Å². The zero-order valence-corrected chi connectivity index (χ0v) is 16.2. The highest BCUT2D eigenvalue weighted by molar-refractivity contribution is 6.02. The van der Waals surface area contributed by atoms with Gasteiger partial charge in [-0.05, 0) is 42.6 Å². The van der Waals surface area contributed by atoms with Crippen LogP contribution < -0.4 is 16.4 Å². The molecule has 3 unspecified atom stereocenters. The van der Waals surface area contributed by atoms with Gasteiger partial charge in [0.15, 0.2) is 0 Å². The SMILES string of the molecule is Cc1ccncc1-c1cc2cc(NC(=O)C3C4CNCC43C(=O)O)ncc2c(N)n1. The first-order valence-corrected chi connectivity index (χ1v) is 9.64. The van der Waals surface area contributed by atoms with Crippen LogP contribution in [0.4, 0.5) is 11.6 Å². The molecule has 2 aliphatic rings. The Balaban J connectivity index is 1.46. The van der Waals surface area contributed by atoms with E-state index in [0.717, 1.165) is 16.5 Å². The summed E-state index contributed by atoms with van der Waals surface area (Å²) in [5, 5.41) is 16.8. The summed E-state index contributed by atoms with van der Waals surface area (Å²) in [6.07, 6.45) is 5.01. The van der Waals surface area contributed by atoms with Crippen molar-refractivity contribution in [2.24, 2.45) is 17.3 Å². The predicted molar refractivity (Wildman–Crippen MR) is 110 cm³/mol. The van der Waals surface area contributed by atoms with Crippen molar-refractivity contribution in [1.82, 2.24) is 20.3 Å². The number of nitrogens with two attached hydrogens (primary N) is 1. The number of fused-ring (bicyclic) bond motifs is 2. The molecule has 3 atom stereocenters. The van der Waals surface area contributed by atoms with Crippen LogP contribution in [-0.2, 0) is 9.59 Å². The molecule has 1 amide bonds. The maximum atomic E-state index is 12.7. The molecule has 5 N–H and O–H groups in total. The molecule has 30 heavy (non-hydrogen) atoms. The average Bonchev–Trinajstić information content (AvgIpc) is 3.17. The van der Waals surface area contributed by atoms with E-state index in [2.05, 4.69) is 25.6 Å². The smallest absolute Gasteiger partial charge is 0.312 e. The van der Waals surface area contributed by atoms with Crippen LogP contribution in [0, 0.1) is 24.2 Å². The third kappa shape index (κ3) is 2.62. The largest absolute Gasteiger partial charge is 0.481 e. The third-order valence-corrected chi connectivity index (χ3v) is 6.28. The van der Waals surface area contributed by atoms with E-state index in [-0.39, 0.29) is 11.8 Å². The number of carbonyl (C=O) groups is 2. The fourth-order valence-corrected chi connectivity index (χ4v) is 4.59. The third-order valence-electron chi connectivity index (χ3n) is 6.28. The van der Waals surface area contributed by atoms with Crippen molar-refractivity contribution in [1.29, 1.82) is 0 Å². The minimum absolute atomic E-state index is 0.185. The van der Waals surface area contributed by atoms with E-state index in [9.17, 15) is 14.7 Å². The fraction of sp³-hybridized carbons (Fsp3) is 0.286. The van der Waals surface area contributed by atoms with Gasteiger partial charge in [0, 0.05) is 42.0 Å². The predicted octanol–water partition coefficient (Wildman–Crippen LogP) is 1.44. The molecule has 0 radical (unpaired) electrons. The normalized spacial score (nSPS) is 24.4. The summed E-state index contributed by atoms with van der Waals surface area (Å²) in [7, 11) is 0. The molecule has 2 fully saturated rings. The molecule has 1 aliphatic heterocycles. The van der Waals surface area contributed by atoms with Crippen molar-refractivity contribution in [3.05, 3.63) is 42.4 Å². The highest BCUT2D eigenvalue weighted by Gasteiger charge is 2.75. The van der Waals surface area contributed by atoms with E-state index in [1.165, 1.54) is 0 Å². The Labute approximate surface area is 171 Å². The van der Waals surface area contributed by atoms with Gasteiger partial charge >= 0.3 is 5.97 Å². The number of anilines is 2. The van der Waals surface area contributed by atoms with Gasteiger partial charge in [-0.2, -0.15) is 0 Å². The monoisotopic (exact) mass is 404 g/mol. The van der Waals surface area contributed by atoms with Gasteiger partial charge in [0.25, 0.3) is 0 Å². The molecule has 3 aromatic rings. The van der Waals surface area contributed by atoms with Crippen molar-refractivity contribution in [3.8, 4) is 11.3 Å². The summed E-state index contributed by atoms with van der Waals surface area (Å²) >= 11 is 0. The molecule has 0 aromatic carbocycles. The maximum absolute atomic E-state index is 12.7.